The molecule has 0 aliphatic heterocycles. The first-order valence-corrected chi connectivity index (χ1v) is 8.67. The fourth-order valence-electron chi connectivity index (χ4n) is 2.93. The van der Waals surface area contributed by atoms with E-state index >= 15 is 0 Å². The number of allylic oxidation sites excluding steroid dienone is 1. The van der Waals surface area contributed by atoms with Gasteiger partial charge in [0.15, 0.2) is 0 Å². The third-order valence-corrected chi connectivity index (χ3v) is 4.32. The number of hydrogen-bond donors (Lipinski definition) is 1. The average molecular weight is 368 g/mol. The fraction of sp³-hybridized carbons (Fsp3) is 0.474. The lowest BCUT2D eigenvalue weighted by Gasteiger charge is -2.22. The molecule has 7 heteroatoms. The van der Waals surface area contributed by atoms with Gasteiger partial charge in [0.05, 0.1) is 5.56 Å². The number of benzene rings is 1. The molecule has 26 heavy (non-hydrogen) atoms. The van der Waals surface area contributed by atoms with Crippen molar-refractivity contribution in [1.29, 1.82) is 0 Å². The molecule has 0 fully saturated rings. The molecule has 0 saturated heterocycles. The van der Waals surface area contributed by atoms with Crippen LogP contribution < -0.4 is 10.2 Å². The first-order valence-electron chi connectivity index (χ1n) is 8.67. The second-order valence-corrected chi connectivity index (χ2v) is 6.36. The molecule has 2 rings (SSSR count). The predicted molar refractivity (Wildman–Crippen MR) is 93.6 cm³/mol. The van der Waals surface area contributed by atoms with Crippen LogP contribution in [-0.4, -0.2) is 24.9 Å². The van der Waals surface area contributed by atoms with Crippen LogP contribution in [0.15, 0.2) is 35.9 Å². The Morgan fingerprint density at radius 3 is 2.62 bits per heavy atom. The molecule has 0 unspecified atom stereocenters. The Bertz CT molecular complexity index is 684. The van der Waals surface area contributed by atoms with E-state index in [4.69, 9.17) is 0 Å². The second-order valence-electron chi connectivity index (χ2n) is 6.36. The standard InChI is InChI=1S/C19H23F3N2O2/c1-14(25)24(17-9-5-8-16(12-17)19(20,21)22)13-18(26)23-11-10-15-6-3-2-4-7-15/h5-6,8-9,12H,2-4,7,10-11,13H2,1H3,(H,23,26). The van der Waals surface area contributed by atoms with Gasteiger partial charge in [-0.15, -0.1) is 0 Å². The van der Waals surface area contributed by atoms with Gasteiger partial charge in [-0.25, -0.2) is 0 Å². The molecule has 0 heterocycles. The predicted octanol–water partition coefficient (Wildman–Crippen LogP) is 4.07. The number of anilines is 1. The average Bonchev–Trinajstić information content (AvgIpc) is 2.60. The summed E-state index contributed by atoms with van der Waals surface area (Å²) >= 11 is 0. The van der Waals surface area contributed by atoms with Crippen molar-refractivity contribution in [2.24, 2.45) is 0 Å². The minimum absolute atomic E-state index is 0.0532. The molecular weight excluding hydrogens is 345 g/mol. The molecule has 1 aliphatic carbocycles. The minimum Gasteiger partial charge on any atom is -0.354 e. The number of alkyl halides is 3. The smallest absolute Gasteiger partial charge is 0.354 e. The van der Waals surface area contributed by atoms with Crippen LogP contribution in [-0.2, 0) is 15.8 Å². The highest BCUT2D eigenvalue weighted by Gasteiger charge is 2.31. The molecule has 1 aliphatic rings. The lowest BCUT2D eigenvalue weighted by atomic mass is 9.97. The normalized spacial score (nSPS) is 14.5. The molecule has 0 saturated carbocycles. The van der Waals surface area contributed by atoms with E-state index in [1.165, 1.54) is 31.1 Å². The third-order valence-electron chi connectivity index (χ3n) is 4.32. The molecule has 2 amide bonds. The Kier molecular flexibility index (Phi) is 6.83. The first kappa shape index (κ1) is 20.0. The number of nitrogens with zero attached hydrogens (tertiary/aromatic N) is 1. The van der Waals surface area contributed by atoms with Gasteiger partial charge in [0.2, 0.25) is 11.8 Å². The molecule has 1 N–H and O–H groups in total. The van der Waals surface area contributed by atoms with Gasteiger partial charge in [0, 0.05) is 19.2 Å². The summed E-state index contributed by atoms with van der Waals surface area (Å²) in [4.78, 5) is 25.0. The zero-order chi connectivity index (χ0) is 19.2. The van der Waals surface area contributed by atoms with Gasteiger partial charge in [-0.3, -0.25) is 9.59 Å². The number of hydrogen-bond acceptors (Lipinski definition) is 2. The van der Waals surface area contributed by atoms with Crippen LogP contribution in [0.5, 0.6) is 0 Å². The summed E-state index contributed by atoms with van der Waals surface area (Å²) in [6.07, 6.45) is 2.91. The summed E-state index contributed by atoms with van der Waals surface area (Å²) in [7, 11) is 0. The molecular formula is C19H23F3N2O2. The summed E-state index contributed by atoms with van der Waals surface area (Å²) in [5, 5.41) is 2.73. The Hall–Kier alpha value is -2.31. The lowest BCUT2D eigenvalue weighted by Crippen LogP contribution is -2.40. The first-order chi connectivity index (χ1) is 12.3. The number of carbonyl (C=O) groups is 2. The van der Waals surface area contributed by atoms with E-state index in [1.807, 2.05) is 0 Å². The van der Waals surface area contributed by atoms with Crippen LogP contribution in [0.4, 0.5) is 18.9 Å². The van der Waals surface area contributed by atoms with Crippen molar-refractivity contribution in [2.45, 2.75) is 45.2 Å². The maximum Gasteiger partial charge on any atom is 0.416 e. The lowest BCUT2D eigenvalue weighted by molar-refractivity contribution is -0.137. The van der Waals surface area contributed by atoms with E-state index in [9.17, 15) is 22.8 Å². The van der Waals surface area contributed by atoms with Crippen LogP contribution in [0.2, 0.25) is 0 Å². The zero-order valence-corrected chi connectivity index (χ0v) is 14.7. The highest BCUT2D eigenvalue weighted by atomic mass is 19.4. The molecule has 4 nitrogen and oxygen atoms in total. The van der Waals surface area contributed by atoms with Crippen LogP contribution in [0.25, 0.3) is 0 Å². The van der Waals surface area contributed by atoms with Crippen LogP contribution in [0, 0.1) is 0 Å². The van der Waals surface area contributed by atoms with Crippen molar-refractivity contribution in [3.05, 3.63) is 41.5 Å². The van der Waals surface area contributed by atoms with Gasteiger partial charge in [-0.1, -0.05) is 17.7 Å². The Morgan fingerprint density at radius 1 is 1.23 bits per heavy atom. The van der Waals surface area contributed by atoms with E-state index in [0.717, 1.165) is 42.7 Å². The van der Waals surface area contributed by atoms with Crippen molar-refractivity contribution < 1.29 is 22.8 Å². The van der Waals surface area contributed by atoms with Crippen molar-refractivity contribution >= 4 is 17.5 Å². The monoisotopic (exact) mass is 368 g/mol. The van der Waals surface area contributed by atoms with E-state index in [-0.39, 0.29) is 12.2 Å². The van der Waals surface area contributed by atoms with Crippen LogP contribution in [0.1, 0.15) is 44.6 Å². The van der Waals surface area contributed by atoms with Crippen molar-refractivity contribution in [3.8, 4) is 0 Å². The largest absolute Gasteiger partial charge is 0.416 e. The van der Waals surface area contributed by atoms with Gasteiger partial charge in [-0.2, -0.15) is 13.2 Å². The summed E-state index contributed by atoms with van der Waals surface area (Å²) in [6.45, 7) is 1.37. The second kappa shape index (κ2) is 8.87. The Labute approximate surface area is 151 Å². The van der Waals surface area contributed by atoms with Crippen LogP contribution in [0.3, 0.4) is 0 Å². The van der Waals surface area contributed by atoms with Gasteiger partial charge in [0.1, 0.15) is 6.54 Å². The third kappa shape index (κ3) is 5.89. The molecule has 1 aromatic rings. The van der Waals surface area contributed by atoms with E-state index in [2.05, 4.69) is 11.4 Å². The van der Waals surface area contributed by atoms with Gasteiger partial charge < -0.3 is 10.2 Å². The highest BCUT2D eigenvalue weighted by Crippen LogP contribution is 2.31. The molecule has 0 atom stereocenters. The number of amides is 2. The van der Waals surface area contributed by atoms with Crippen LogP contribution >= 0.6 is 0 Å². The van der Waals surface area contributed by atoms with Gasteiger partial charge >= 0.3 is 6.18 Å². The van der Waals surface area contributed by atoms with Crippen molar-refractivity contribution in [3.63, 3.8) is 0 Å². The highest BCUT2D eigenvalue weighted by molar-refractivity contribution is 5.97. The molecule has 0 spiro atoms. The molecule has 142 valence electrons. The Morgan fingerprint density at radius 2 is 2.00 bits per heavy atom. The maximum atomic E-state index is 12.9. The molecule has 0 aromatic heterocycles. The van der Waals surface area contributed by atoms with Gasteiger partial charge in [-0.05, 0) is 50.3 Å². The van der Waals surface area contributed by atoms with Crippen molar-refractivity contribution in [1.82, 2.24) is 5.32 Å². The summed E-state index contributed by atoms with van der Waals surface area (Å²) in [5.41, 5.74) is 0.515. The zero-order valence-electron chi connectivity index (χ0n) is 14.7. The molecule has 1 aromatic carbocycles. The molecule has 0 radical (unpaired) electrons. The number of carbonyl (C=O) groups excluding carboxylic acids is 2. The number of halogens is 3. The maximum absolute atomic E-state index is 12.9. The summed E-state index contributed by atoms with van der Waals surface area (Å²) < 4.78 is 38.6. The minimum atomic E-state index is -4.51. The fourth-order valence-corrected chi connectivity index (χ4v) is 2.93. The van der Waals surface area contributed by atoms with E-state index in [0.29, 0.717) is 6.54 Å². The van der Waals surface area contributed by atoms with Gasteiger partial charge in [0.25, 0.3) is 0 Å². The quantitative estimate of drug-likeness (QED) is 0.770. The SMILES string of the molecule is CC(=O)N(CC(=O)NCCC1=CCCCC1)c1cccc(C(F)(F)F)c1. The van der Waals surface area contributed by atoms with E-state index < -0.39 is 23.6 Å². The topological polar surface area (TPSA) is 49.4 Å². The number of rotatable bonds is 6. The van der Waals surface area contributed by atoms with Crippen molar-refractivity contribution in [2.75, 3.05) is 18.0 Å². The number of nitrogens with one attached hydrogen (secondary N) is 1. The Balaban J connectivity index is 1.96. The summed E-state index contributed by atoms with van der Waals surface area (Å²) in [6, 6.07) is 4.42. The van der Waals surface area contributed by atoms with E-state index in [1.54, 1.807) is 0 Å². The molecule has 0 bridgehead atoms. The summed E-state index contributed by atoms with van der Waals surface area (Å²) in [5.74, 6) is -0.886.